The lowest BCUT2D eigenvalue weighted by molar-refractivity contribution is 0.0390. The largest absolute Gasteiger partial charge is 0.419 e. The fraction of sp³-hybridized carbons (Fsp3) is 0.273. The number of rotatable bonds is 5. The molecule has 9 nitrogen and oxygen atoms in total. The first-order valence-electron chi connectivity index (χ1n) is 10.1. The van der Waals surface area contributed by atoms with Crippen molar-refractivity contribution < 1.29 is 9.57 Å². The Labute approximate surface area is 179 Å². The van der Waals surface area contributed by atoms with E-state index in [4.69, 9.17) is 20.5 Å². The highest BCUT2D eigenvalue weighted by Crippen LogP contribution is 2.44. The molecule has 31 heavy (non-hydrogen) atoms. The fourth-order valence-electron chi connectivity index (χ4n) is 4.35. The monoisotopic (exact) mass is 417 g/mol. The van der Waals surface area contributed by atoms with Gasteiger partial charge in [0.1, 0.15) is 23.8 Å². The summed E-state index contributed by atoms with van der Waals surface area (Å²) in [6.45, 7) is 8.17. The molecule has 2 N–H and O–H groups in total. The van der Waals surface area contributed by atoms with Gasteiger partial charge >= 0.3 is 0 Å². The molecule has 2 aromatic heterocycles. The fourth-order valence-corrected chi connectivity index (χ4v) is 4.35. The van der Waals surface area contributed by atoms with E-state index >= 15 is 0 Å². The number of aromatic nitrogens is 5. The number of hydrogen-bond donors (Lipinski definition) is 1. The van der Waals surface area contributed by atoms with E-state index in [1.165, 1.54) is 6.26 Å². The van der Waals surface area contributed by atoms with Gasteiger partial charge in [-0.1, -0.05) is 43.8 Å². The van der Waals surface area contributed by atoms with E-state index in [-0.39, 0.29) is 0 Å². The molecule has 0 bridgehead atoms. The summed E-state index contributed by atoms with van der Waals surface area (Å²) in [6.07, 6.45) is 5.71. The number of morpholine rings is 1. The lowest BCUT2D eigenvalue weighted by Gasteiger charge is -2.49. The maximum Gasteiger partial charge on any atom is 0.165 e. The molecule has 0 aliphatic carbocycles. The van der Waals surface area contributed by atoms with Crippen molar-refractivity contribution in [3.63, 3.8) is 0 Å². The lowest BCUT2D eigenvalue weighted by atomic mass is 9.90. The van der Waals surface area contributed by atoms with E-state index in [1.807, 2.05) is 34.9 Å². The van der Waals surface area contributed by atoms with Gasteiger partial charge in [-0.3, -0.25) is 4.57 Å². The van der Waals surface area contributed by atoms with E-state index in [9.17, 15) is 0 Å². The predicted octanol–water partition coefficient (Wildman–Crippen LogP) is 2.46. The highest BCUT2D eigenvalue weighted by atomic mass is 16.6. The van der Waals surface area contributed by atoms with Crippen LogP contribution in [0.2, 0.25) is 0 Å². The van der Waals surface area contributed by atoms with E-state index < -0.39 is 5.54 Å². The third kappa shape index (κ3) is 2.93. The van der Waals surface area contributed by atoms with Crippen molar-refractivity contribution in [1.29, 1.82) is 0 Å². The lowest BCUT2D eigenvalue weighted by Crippen LogP contribution is -2.58. The van der Waals surface area contributed by atoms with Crippen molar-refractivity contribution in [2.45, 2.75) is 18.9 Å². The van der Waals surface area contributed by atoms with E-state index in [1.54, 1.807) is 12.5 Å². The molecule has 0 spiro atoms. The van der Waals surface area contributed by atoms with Crippen molar-refractivity contribution in [2.24, 2.45) is 5.90 Å². The summed E-state index contributed by atoms with van der Waals surface area (Å²) >= 11 is 0. The van der Waals surface area contributed by atoms with Crippen LogP contribution in [0.1, 0.15) is 30.6 Å². The Morgan fingerprint density at radius 3 is 2.97 bits per heavy atom. The highest BCUT2D eigenvalue weighted by Gasteiger charge is 2.48. The topological polar surface area (TPSA) is 104 Å². The van der Waals surface area contributed by atoms with Crippen molar-refractivity contribution in [2.75, 3.05) is 24.7 Å². The second kappa shape index (κ2) is 7.60. The van der Waals surface area contributed by atoms with Crippen LogP contribution in [0.5, 0.6) is 0 Å². The molecule has 1 saturated heterocycles. The first kappa shape index (κ1) is 19.4. The molecular weight excluding hydrogens is 394 g/mol. The number of fused-ring (bicyclic) bond motifs is 6. The summed E-state index contributed by atoms with van der Waals surface area (Å²) in [7, 11) is 0. The minimum Gasteiger partial charge on any atom is -0.419 e. The zero-order chi connectivity index (χ0) is 21.4. The van der Waals surface area contributed by atoms with Crippen LogP contribution in [-0.4, -0.2) is 44.5 Å². The van der Waals surface area contributed by atoms with Gasteiger partial charge in [0, 0.05) is 6.54 Å². The van der Waals surface area contributed by atoms with Crippen LogP contribution in [0.3, 0.4) is 0 Å². The molecule has 0 amide bonds. The first-order valence-corrected chi connectivity index (χ1v) is 10.1. The van der Waals surface area contributed by atoms with Gasteiger partial charge in [-0.05, 0) is 17.6 Å². The molecule has 3 aromatic rings. The van der Waals surface area contributed by atoms with Crippen LogP contribution in [0.25, 0.3) is 16.8 Å². The number of benzene rings is 1. The summed E-state index contributed by atoms with van der Waals surface area (Å²) in [5.74, 6) is 7.51. The minimum absolute atomic E-state index is 0.432. The number of allylic oxidation sites excluding steroid dienone is 2. The molecule has 5 rings (SSSR count). The minimum atomic E-state index is -0.432. The second-order valence-electron chi connectivity index (χ2n) is 7.53. The number of hydrogen-bond acceptors (Lipinski definition) is 8. The first-order chi connectivity index (χ1) is 15.2. The number of nitrogens with zero attached hydrogens (tertiary/aromatic N) is 6. The zero-order valence-corrected chi connectivity index (χ0v) is 17.2. The van der Waals surface area contributed by atoms with Gasteiger partial charge in [0.25, 0.3) is 0 Å². The van der Waals surface area contributed by atoms with Crippen LogP contribution < -0.4 is 10.8 Å². The molecule has 0 radical (unpaired) electrons. The Bertz CT molecular complexity index is 1160. The summed E-state index contributed by atoms with van der Waals surface area (Å²) in [4.78, 5) is 16.7. The Hall–Kier alpha value is -3.56. The third-order valence-corrected chi connectivity index (χ3v) is 6.01. The number of ether oxygens (including phenoxy) is 1. The third-order valence-electron chi connectivity index (χ3n) is 6.01. The summed E-state index contributed by atoms with van der Waals surface area (Å²) < 4.78 is 7.81. The SMILES string of the molecule is C=C(/C(=C\ON)c1ncc2c(n1)N1CCOC[C@@]1(CC)c1nncn1-2)c1ccccc1. The van der Waals surface area contributed by atoms with Gasteiger partial charge in [0.15, 0.2) is 17.5 Å². The van der Waals surface area contributed by atoms with Gasteiger partial charge in [0.2, 0.25) is 0 Å². The molecule has 2 aliphatic rings. The molecule has 1 atom stereocenters. The van der Waals surface area contributed by atoms with Crippen molar-refractivity contribution in [3.05, 3.63) is 72.9 Å². The van der Waals surface area contributed by atoms with E-state index in [2.05, 4.69) is 33.6 Å². The van der Waals surface area contributed by atoms with Gasteiger partial charge in [0.05, 0.1) is 25.0 Å². The van der Waals surface area contributed by atoms with Gasteiger partial charge in [-0.2, -0.15) is 5.90 Å². The Morgan fingerprint density at radius 1 is 1.35 bits per heavy atom. The molecule has 4 heterocycles. The van der Waals surface area contributed by atoms with Gasteiger partial charge in [-0.25, -0.2) is 9.97 Å². The number of nitrogens with two attached hydrogens (primary N) is 1. The number of anilines is 1. The maximum absolute atomic E-state index is 5.86. The smallest absolute Gasteiger partial charge is 0.165 e. The molecule has 1 fully saturated rings. The average Bonchev–Trinajstić information content (AvgIpc) is 3.33. The van der Waals surface area contributed by atoms with E-state index in [0.717, 1.165) is 34.9 Å². The predicted molar refractivity (Wildman–Crippen MR) is 116 cm³/mol. The highest BCUT2D eigenvalue weighted by molar-refractivity contribution is 6.02. The average molecular weight is 417 g/mol. The molecule has 1 aromatic carbocycles. The van der Waals surface area contributed by atoms with Gasteiger partial charge in [-0.15, -0.1) is 10.2 Å². The molecule has 0 saturated carbocycles. The zero-order valence-electron chi connectivity index (χ0n) is 17.2. The quantitative estimate of drug-likeness (QED) is 0.384. The van der Waals surface area contributed by atoms with Crippen molar-refractivity contribution >= 4 is 17.0 Å². The summed E-state index contributed by atoms with van der Waals surface area (Å²) in [5.41, 5.74) is 2.66. The standard InChI is InChI=1S/C22H23N7O2/c1-3-22-13-30-10-9-29(22)20-18(28-14-25-27-21(22)28)11-24-19(26-20)17(12-31-23)15(2)16-7-5-4-6-8-16/h4-8,11-12,14H,2-3,9-10,13,23H2,1H3/b17-12+/t22-/m0/s1. The molecular formula is C22H23N7O2. The van der Waals surface area contributed by atoms with Crippen LogP contribution in [-0.2, 0) is 15.1 Å². The van der Waals surface area contributed by atoms with Crippen molar-refractivity contribution in [1.82, 2.24) is 24.7 Å². The van der Waals surface area contributed by atoms with Crippen molar-refractivity contribution in [3.8, 4) is 5.69 Å². The molecule has 0 unspecified atom stereocenters. The van der Waals surface area contributed by atoms with Crippen LogP contribution >= 0.6 is 0 Å². The normalized spacial score (nSPS) is 19.9. The summed E-state index contributed by atoms with van der Waals surface area (Å²) in [6, 6.07) is 9.80. The summed E-state index contributed by atoms with van der Waals surface area (Å²) in [5, 5.41) is 8.57. The second-order valence-corrected chi connectivity index (χ2v) is 7.53. The molecule has 9 heteroatoms. The molecule has 2 aliphatic heterocycles. The van der Waals surface area contributed by atoms with Gasteiger partial charge < -0.3 is 14.5 Å². The Kier molecular flexibility index (Phi) is 4.76. The molecule has 158 valence electrons. The van der Waals surface area contributed by atoms with E-state index in [0.29, 0.717) is 31.2 Å². The Balaban J connectivity index is 1.65. The van der Waals surface area contributed by atoms with Crippen LogP contribution in [0, 0.1) is 0 Å². The Morgan fingerprint density at radius 2 is 2.19 bits per heavy atom. The van der Waals surface area contributed by atoms with Crippen LogP contribution in [0.4, 0.5) is 5.82 Å². The van der Waals surface area contributed by atoms with Crippen LogP contribution in [0.15, 0.2) is 55.7 Å². The maximum atomic E-state index is 5.86.